The minimum atomic E-state index is -0.631. The summed E-state index contributed by atoms with van der Waals surface area (Å²) in [5.74, 6) is 3.44. The highest BCUT2D eigenvalue weighted by molar-refractivity contribution is 5.84. The number of allylic oxidation sites excluding steroid dienone is 1. The topological polar surface area (TPSA) is 78.4 Å². The first-order valence-electron chi connectivity index (χ1n) is 13.0. The SMILES string of the molecule is COCC1(O)CCC2(C)C(CCC3C2CCC2(C)C(C(=O)CN4[NH2+]NC=C4C)CCC32)C1. The van der Waals surface area contributed by atoms with Gasteiger partial charge in [0.15, 0.2) is 5.78 Å². The molecule has 0 amide bonds. The van der Waals surface area contributed by atoms with Crippen LogP contribution in [0, 0.1) is 40.4 Å². The third kappa shape index (κ3) is 3.43. The van der Waals surface area contributed by atoms with Gasteiger partial charge in [0.25, 0.3) is 0 Å². The van der Waals surface area contributed by atoms with E-state index in [1.54, 1.807) is 7.11 Å². The number of ether oxygens (including phenoxy) is 1. The predicted molar refractivity (Wildman–Crippen MR) is 123 cm³/mol. The van der Waals surface area contributed by atoms with Crippen molar-refractivity contribution in [3.05, 3.63) is 11.9 Å². The first kappa shape index (κ1) is 22.7. The summed E-state index contributed by atoms with van der Waals surface area (Å²) in [6.45, 7) is 8.02. The van der Waals surface area contributed by atoms with Gasteiger partial charge in [0.2, 0.25) is 0 Å². The molecule has 0 aromatic heterocycles. The van der Waals surface area contributed by atoms with Gasteiger partial charge in [-0.1, -0.05) is 13.8 Å². The van der Waals surface area contributed by atoms with Crippen LogP contribution in [0.5, 0.6) is 0 Å². The molecule has 4 saturated carbocycles. The summed E-state index contributed by atoms with van der Waals surface area (Å²) in [7, 11) is 1.71. The van der Waals surface area contributed by atoms with Crippen molar-refractivity contribution in [2.75, 3.05) is 20.3 Å². The number of nitrogens with zero attached hydrogens (tertiary/aromatic N) is 1. The number of hydrogen-bond acceptors (Lipinski definition) is 5. The van der Waals surface area contributed by atoms with Crippen molar-refractivity contribution in [3.8, 4) is 0 Å². The van der Waals surface area contributed by atoms with Crippen molar-refractivity contribution < 1.29 is 20.2 Å². The van der Waals surface area contributed by atoms with Gasteiger partial charge >= 0.3 is 0 Å². The molecule has 6 nitrogen and oxygen atoms in total. The molecule has 8 unspecified atom stereocenters. The zero-order valence-electron chi connectivity index (χ0n) is 20.5. The van der Waals surface area contributed by atoms with Gasteiger partial charge in [0.05, 0.1) is 24.1 Å². The second-order valence-corrected chi connectivity index (χ2v) is 12.4. The van der Waals surface area contributed by atoms with Crippen molar-refractivity contribution in [3.63, 3.8) is 0 Å². The van der Waals surface area contributed by atoms with Crippen LogP contribution in [0.15, 0.2) is 11.9 Å². The van der Waals surface area contributed by atoms with Gasteiger partial charge in [-0.05, 0) is 99.2 Å². The molecule has 5 aliphatic rings. The molecule has 4 fully saturated rings. The van der Waals surface area contributed by atoms with E-state index < -0.39 is 5.60 Å². The van der Waals surface area contributed by atoms with Crippen LogP contribution in [-0.2, 0) is 9.53 Å². The number of Topliss-reactive ketones (excluding diaryl/α,β-unsaturated/α-hetero) is 1. The highest BCUT2D eigenvalue weighted by Gasteiger charge is 2.62. The maximum atomic E-state index is 13.4. The van der Waals surface area contributed by atoms with Gasteiger partial charge < -0.3 is 9.84 Å². The van der Waals surface area contributed by atoms with E-state index in [2.05, 4.69) is 31.2 Å². The average molecular weight is 447 g/mol. The highest BCUT2D eigenvalue weighted by Crippen LogP contribution is 2.68. The van der Waals surface area contributed by atoms with Crippen LogP contribution in [0.25, 0.3) is 0 Å². The van der Waals surface area contributed by atoms with E-state index in [0.29, 0.717) is 36.2 Å². The Hall–Kier alpha value is -1.11. The molecule has 6 heteroatoms. The Morgan fingerprint density at radius 2 is 1.94 bits per heavy atom. The first-order valence-corrected chi connectivity index (χ1v) is 13.0. The maximum Gasteiger partial charge on any atom is 0.161 e. The van der Waals surface area contributed by atoms with Crippen molar-refractivity contribution in [1.82, 2.24) is 10.4 Å². The van der Waals surface area contributed by atoms with Crippen molar-refractivity contribution in [2.24, 2.45) is 40.4 Å². The van der Waals surface area contributed by atoms with Crippen molar-refractivity contribution in [1.29, 1.82) is 0 Å². The molecule has 32 heavy (non-hydrogen) atoms. The molecule has 0 spiro atoms. The van der Waals surface area contributed by atoms with Crippen LogP contribution in [0.2, 0.25) is 0 Å². The number of aliphatic hydroxyl groups is 1. The number of methoxy groups -OCH3 is 1. The lowest BCUT2D eigenvalue weighted by Gasteiger charge is -2.62. The zero-order chi connectivity index (χ0) is 22.7. The van der Waals surface area contributed by atoms with Gasteiger partial charge in [-0.3, -0.25) is 4.79 Å². The summed E-state index contributed by atoms with van der Waals surface area (Å²) in [5, 5.41) is 13.1. The van der Waals surface area contributed by atoms with E-state index >= 15 is 0 Å². The Morgan fingerprint density at radius 3 is 2.66 bits per heavy atom. The number of rotatable bonds is 5. The molecule has 1 heterocycles. The Kier molecular flexibility index (Phi) is 5.66. The minimum absolute atomic E-state index is 0.164. The lowest BCUT2D eigenvalue weighted by Crippen LogP contribution is -2.97. The number of hydrogen-bond donors (Lipinski definition) is 3. The van der Waals surface area contributed by atoms with E-state index in [0.717, 1.165) is 43.2 Å². The summed E-state index contributed by atoms with van der Waals surface area (Å²) in [5.41, 5.74) is 6.05. The normalized spacial score (nSPS) is 47.8. The number of nitrogens with one attached hydrogen (secondary N) is 1. The number of carbonyl (C=O) groups is 1. The molecule has 0 aromatic rings. The molecule has 4 aliphatic carbocycles. The molecule has 0 aromatic carbocycles. The molecule has 5 rings (SSSR count). The first-order chi connectivity index (χ1) is 15.2. The van der Waals surface area contributed by atoms with E-state index in [1.165, 1.54) is 32.1 Å². The quantitative estimate of drug-likeness (QED) is 0.566. The van der Waals surface area contributed by atoms with Crippen molar-refractivity contribution in [2.45, 2.75) is 84.2 Å². The molecule has 0 radical (unpaired) electrons. The number of fused-ring (bicyclic) bond motifs is 5. The van der Waals surface area contributed by atoms with Crippen LogP contribution < -0.4 is 11.0 Å². The summed E-state index contributed by atoms with van der Waals surface area (Å²) in [6.07, 6.45) is 12.1. The standard InChI is InChI=1S/C26H43N3O3/c1-17-14-27-28-29(17)15-23(30)22-8-7-20-19-6-5-18-13-26(31,16-32-4)12-11-24(18,2)21(19)9-10-25(20,22)3/h14,18-22,27-28,31H,5-13,15-16H2,1-4H3/p+1. The van der Waals surface area contributed by atoms with E-state index in [4.69, 9.17) is 4.74 Å². The summed E-state index contributed by atoms with van der Waals surface area (Å²) >= 11 is 0. The Morgan fingerprint density at radius 1 is 1.16 bits per heavy atom. The lowest BCUT2D eigenvalue weighted by atomic mass is 9.44. The third-order valence-electron chi connectivity index (χ3n) is 10.9. The Labute approximate surface area is 193 Å². The fourth-order valence-corrected chi connectivity index (χ4v) is 9.13. The van der Waals surface area contributed by atoms with Gasteiger partial charge in [-0.25, -0.2) is 5.43 Å². The number of carbonyl (C=O) groups excluding carboxylic acids is 1. The molecule has 1 aliphatic heterocycles. The molecular formula is C26H44N3O3+. The number of ketones is 1. The highest BCUT2D eigenvalue weighted by atomic mass is 16.5. The minimum Gasteiger partial charge on any atom is -0.387 e. The zero-order valence-corrected chi connectivity index (χ0v) is 20.5. The average Bonchev–Trinajstić information content (AvgIpc) is 3.31. The molecule has 0 bridgehead atoms. The molecule has 8 atom stereocenters. The monoisotopic (exact) mass is 446 g/mol. The van der Waals surface area contributed by atoms with Crippen LogP contribution in [0.3, 0.4) is 0 Å². The fourth-order valence-electron chi connectivity index (χ4n) is 9.13. The number of nitrogens with two attached hydrogens (primary N) is 1. The summed E-state index contributed by atoms with van der Waals surface area (Å²) < 4.78 is 5.37. The second-order valence-electron chi connectivity index (χ2n) is 12.4. The summed E-state index contributed by atoms with van der Waals surface area (Å²) in [4.78, 5) is 13.4. The van der Waals surface area contributed by atoms with Crippen LogP contribution >= 0.6 is 0 Å². The second kappa shape index (κ2) is 7.99. The van der Waals surface area contributed by atoms with Gasteiger partial charge in [0, 0.05) is 13.0 Å². The van der Waals surface area contributed by atoms with Crippen molar-refractivity contribution >= 4 is 5.78 Å². The van der Waals surface area contributed by atoms with Gasteiger partial charge in [-0.2, -0.15) is 5.01 Å². The number of quaternary nitrogens is 1. The van der Waals surface area contributed by atoms with E-state index in [1.807, 2.05) is 11.7 Å². The van der Waals surface area contributed by atoms with E-state index in [-0.39, 0.29) is 11.3 Å². The smallest absolute Gasteiger partial charge is 0.161 e. The molecule has 180 valence electrons. The van der Waals surface area contributed by atoms with Gasteiger partial charge in [-0.15, -0.1) is 5.53 Å². The fraction of sp³-hybridized carbons (Fsp3) is 0.885. The molecule has 0 saturated heterocycles. The molecule has 4 N–H and O–H groups in total. The lowest BCUT2D eigenvalue weighted by molar-refractivity contribution is -0.822. The summed E-state index contributed by atoms with van der Waals surface area (Å²) in [6, 6.07) is 0. The van der Waals surface area contributed by atoms with Crippen LogP contribution in [0.1, 0.15) is 78.6 Å². The van der Waals surface area contributed by atoms with Gasteiger partial charge in [0.1, 0.15) is 6.54 Å². The van der Waals surface area contributed by atoms with Crippen LogP contribution in [0.4, 0.5) is 0 Å². The van der Waals surface area contributed by atoms with Crippen LogP contribution in [-0.4, -0.2) is 41.8 Å². The Balaban J connectivity index is 1.31. The van der Waals surface area contributed by atoms with E-state index in [9.17, 15) is 9.90 Å². The Bertz CT molecular complexity index is 786. The largest absolute Gasteiger partial charge is 0.387 e. The molecular weight excluding hydrogens is 402 g/mol. The third-order valence-corrected chi connectivity index (χ3v) is 10.9. The maximum absolute atomic E-state index is 13.4. The predicted octanol–water partition coefficient (Wildman–Crippen LogP) is 2.75.